The monoisotopic (exact) mass is 269 g/mol. The third kappa shape index (κ3) is 5.09. The first kappa shape index (κ1) is 14.8. The largest absolute Gasteiger partial charge is 0.379 e. The SMILES string of the molecule is NC1(CC(=O)NCCN2CCOCC2)CCCCC1. The summed E-state index contributed by atoms with van der Waals surface area (Å²) in [6.45, 7) is 5.18. The van der Waals surface area contributed by atoms with E-state index in [-0.39, 0.29) is 11.4 Å². The van der Waals surface area contributed by atoms with Gasteiger partial charge in [-0.05, 0) is 12.8 Å². The van der Waals surface area contributed by atoms with Crippen LogP contribution in [0.5, 0.6) is 0 Å². The molecule has 110 valence electrons. The van der Waals surface area contributed by atoms with Crippen LogP contribution in [0.1, 0.15) is 38.5 Å². The van der Waals surface area contributed by atoms with Gasteiger partial charge in [-0.1, -0.05) is 19.3 Å². The number of rotatable bonds is 5. The minimum atomic E-state index is -0.249. The van der Waals surface area contributed by atoms with Gasteiger partial charge in [0.1, 0.15) is 0 Å². The van der Waals surface area contributed by atoms with Crippen LogP contribution in [0.3, 0.4) is 0 Å². The first-order valence-corrected chi connectivity index (χ1v) is 7.54. The van der Waals surface area contributed by atoms with Crippen molar-refractivity contribution in [1.82, 2.24) is 10.2 Å². The zero-order chi connectivity index (χ0) is 13.6. The summed E-state index contributed by atoms with van der Waals surface area (Å²) in [4.78, 5) is 14.2. The number of carbonyl (C=O) groups is 1. The highest BCUT2D eigenvalue weighted by Gasteiger charge is 2.29. The number of morpholine rings is 1. The summed E-state index contributed by atoms with van der Waals surface area (Å²) in [7, 11) is 0. The maximum atomic E-state index is 11.9. The number of hydrogen-bond acceptors (Lipinski definition) is 4. The molecule has 1 aliphatic heterocycles. The molecule has 19 heavy (non-hydrogen) atoms. The molecule has 0 aromatic rings. The van der Waals surface area contributed by atoms with Gasteiger partial charge >= 0.3 is 0 Å². The topological polar surface area (TPSA) is 67.6 Å². The van der Waals surface area contributed by atoms with Crippen LogP contribution in [0.4, 0.5) is 0 Å². The fraction of sp³-hybridized carbons (Fsp3) is 0.929. The van der Waals surface area contributed by atoms with Crippen LogP contribution in [-0.2, 0) is 9.53 Å². The number of carbonyl (C=O) groups excluding carboxylic acids is 1. The first-order chi connectivity index (χ1) is 9.18. The molecule has 3 N–H and O–H groups in total. The molecule has 1 amide bonds. The summed E-state index contributed by atoms with van der Waals surface area (Å²) in [6, 6.07) is 0. The third-order valence-electron chi connectivity index (χ3n) is 4.22. The number of hydrogen-bond donors (Lipinski definition) is 2. The van der Waals surface area contributed by atoms with Crippen LogP contribution in [0, 0.1) is 0 Å². The molecule has 0 aromatic heterocycles. The van der Waals surface area contributed by atoms with Crippen molar-refractivity contribution in [2.24, 2.45) is 5.73 Å². The Balaban J connectivity index is 1.61. The molecule has 1 aliphatic carbocycles. The Labute approximate surface area is 115 Å². The summed E-state index contributed by atoms with van der Waals surface area (Å²) >= 11 is 0. The van der Waals surface area contributed by atoms with Crippen molar-refractivity contribution >= 4 is 5.91 Å². The molecule has 0 unspecified atom stereocenters. The van der Waals surface area contributed by atoms with Crippen LogP contribution in [0.2, 0.25) is 0 Å². The zero-order valence-corrected chi connectivity index (χ0v) is 11.8. The van der Waals surface area contributed by atoms with E-state index in [4.69, 9.17) is 10.5 Å². The van der Waals surface area contributed by atoms with Crippen molar-refractivity contribution in [1.29, 1.82) is 0 Å². The molecular weight excluding hydrogens is 242 g/mol. The van der Waals surface area contributed by atoms with Gasteiger partial charge in [0, 0.05) is 38.1 Å². The predicted molar refractivity (Wildman–Crippen MR) is 74.9 cm³/mol. The fourth-order valence-corrected chi connectivity index (χ4v) is 2.99. The van der Waals surface area contributed by atoms with Crippen molar-refractivity contribution in [2.75, 3.05) is 39.4 Å². The molecule has 5 heteroatoms. The second-order valence-electron chi connectivity index (χ2n) is 5.90. The maximum absolute atomic E-state index is 11.9. The van der Waals surface area contributed by atoms with E-state index in [0.29, 0.717) is 6.42 Å². The number of nitrogens with zero attached hydrogens (tertiary/aromatic N) is 1. The molecule has 0 spiro atoms. The molecule has 0 atom stereocenters. The predicted octanol–water partition coefficient (Wildman–Crippen LogP) is 0.486. The third-order valence-corrected chi connectivity index (χ3v) is 4.22. The molecule has 2 fully saturated rings. The zero-order valence-electron chi connectivity index (χ0n) is 11.8. The van der Waals surface area contributed by atoms with E-state index in [0.717, 1.165) is 65.1 Å². The Morgan fingerprint density at radius 1 is 1.21 bits per heavy atom. The Hall–Kier alpha value is -0.650. The Kier molecular flexibility index (Phi) is 5.60. The standard InChI is InChI=1S/C14H27N3O2/c15-14(4-2-1-3-5-14)12-13(18)16-6-7-17-8-10-19-11-9-17/h1-12,15H2,(H,16,18). The first-order valence-electron chi connectivity index (χ1n) is 7.54. The molecular formula is C14H27N3O2. The van der Waals surface area contributed by atoms with Gasteiger partial charge in [0.05, 0.1) is 13.2 Å². The average Bonchev–Trinajstić information content (AvgIpc) is 2.40. The van der Waals surface area contributed by atoms with Gasteiger partial charge in [-0.3, -0.25) is 9.69 Å². The quantitative estimate of drug-likeness (QED) is 0.762. The van der Waals surface area contributed by atoms with E-state index in [9.17, 15) is 4.79 Å². The molecule has 2 aliphatic rings. The van der Waals surface area contributed by atoms with Gasteiger partial charge in [-0.15, -0.1) is 0 Å². The van der Waals surface area contributed by atoms with Gasteiger partial charge in [0.15, 0.2) is 0 Å². The van der Waals surface area contributed by atoms with Gasteiger partial charge in [-0.2, -0.15) is 0 Å². The normalized spacial score (nSPS) is 24.1. The van der Waals surface area contributed by atoms with Gasteiger partial charge in [-0.25, -0.2) is 0 Å². The lowest BCUT2D eigenvalue weighted by atomic mass is 9.80. The van der Waals surface area contributed by atoms with Crippen molar-refractivity contribution in [3.8, 4) is 0 Å². The van der Waals surface area contributed by atoms with Crippen molar-refractivity contribution < 1.29 is 9.53 Å². The lowest BCUT2D eigenvalue weighted by molar-refractivity contribution is -0.122. The van der Waals surface area contributed by atoms with Crippen LogP contribution >= 0.6 is 0 Å². The van der Waals surface area contributed by atoms with E-state index >= 15 is 0 Å². The lowest BCUT2D eigenvalue weighted by Gasteiger charge is -2.33. The summed E-state index contributed by atoms with van der Waals surface area (Å²) < 4.78 is 5.30. The summed E-state index contributed by atoms with van der Waals surface area (Å²) in [6.07, 6.45) is 6.05. The van der Waals surface area contributed by atoms with Crippen LogP contribution in [0.25, 0.3) is 0 Å². The summed E-state index contributed by atoms with van der Waals surface area (Å²) in [5.74, 6) is 0.109. The number of nitrogens with two attached hydrogens (primary N) is 1. The number of amides is 1. The van der Waals surface area contributed by atoms with Crippen molar-refractivity contribution in [2.45, 2.75) is 44.1 Å². The smallest absolute Gasteiger partial charge is 0.221 e. The Morgan fingerprint density at radius 3 is 2.58 bits per heavy atom. The van der Waals surface area contributed by atoms with E-state index < -0.39 is 0 Å². The highest BCUT2D eigenvalue weighted by molar-refractivity contribution is 5.77. The van der Waals surface area contributed by atoms with Gasteiger partial charge < -0.3 is 15.8 Å². The fourth-order valence-electron chi connectivity index (χ4n) is 2.99. The van der Waals surface area contributed by atoms with E-state index in [1.54, 1.807) is 0 Å². The van der Waals surface area contributed by atoms with Crippen LogP contribution in [0.15, 0.2) is 0 Å². The molecule has 5 nitrogen and oxygen atoms in total. The highest BCUT2D eigenvalue weighted by atomic mass is 16.5. The van der Waals surface area contributed by atoms with E-state index in [2.05, 4.69) is 10.2 Å². The molecule has 1 saturated heterocycles. The van der Waals surface area contributed by atoms with E-state index in [1.165, 1.54) is 6.42 Å². The van der Waals surface area contributed by atoms with Crippen LogP contribution in [-0.4, -0.2) is 55.7 Å². The highest BCUT2D eigenvalue weighted by Crippen LogP contribution is 2.28. The van der Waals surface area contributed by atoms with Gasteiger partial charge in [0.2, 0.25) is 5.91 Å². The Morgan fingerprint density at radius 2 is 1.89 bits per heavy atom. The maximum Gasteiger partial charge on any atom is 0.221 e. The molecule has 0 radical (unpaired) electrons. The molecule has 0 aromatic carbocycles. The second kappa shape index (κ2) is 7.22. The lowest BCUT2D eigenvalue weighted by Crippen LogP contribution is -2.47. The molecule has 1 heterocycles. The molecule has 2 rings (SSSR count). The summed E-state index contributed by atoms with van der Waals surface area (Å²) in [5.41, 5.74) is 6.04. The molecule has 0 bridgehead atoms. The number of ether oxygens (including phenoxy) is 1. The van der Waals surface area contributed by atoms with Gasteiger partial charge in [0.25, 0.3) is 0 Å². The second-order valence-corrected chi connectivity index (χ2v) is 5.90. The average molecular weight is 269 g/mol. The van der Waals surface area contributed by atoms with E-state index in [1.807, 2.05) is 0 Å². The minimum Gasteiger partial charge on any atom is -0.379 e. The Bertz CT molecular complexity index is 284. The minimum absolute atomic E-state index is 0.109. The summed E-state index contributed by atoms with van der Waals surface area (Å²) in [5, 5.41) is 3.00. The van der Waals surface area contributed by atoms with Crippen molar-refractivity contribution in [3.05, 3.63) is 0 Å². The van der Waals surface area contributed by atoms with Crippen molar-refractivity contribution in [3.63, 3.8) is 0 Å². The number of nitrogens with one attached hydrogen (secondary N) is 1. The molecule has 1 saturated carbocycles. The van der Waals surface area contributed by atoms with Crippen LogP contribution < -0.4 is 11.1 Å².